The van der Waals surface area contributed by atoms with E-state index in [1.165, 1.54) is 0 Å². The van der Waals surface area contributed by atoms with Crippen LogP contribution in [0.2, 0.25) is 0 Å². The van der Waals surface area contributed by atoms with Crippen LogP contribution in [0.25, 0.3) is 0 Å². The number of benzene rings is 1. The van der Waals surface area contributed by atoms with Gasteiger partial charge in [0.25, 0.3) is 5.91 Å². The molecule has 7 nitrogen and oxygen atoms in total. The lowest BCUT2D eigenvalue weighted by Gasteiger charge is -2.36. The number of amides is 4. The minimum atomic E-state index is -1.10. The van der Waals surface area contributed by atoms with Gasteiger partial charge in [-0.2, -0.15) is 0 Å². The molecule has 7 heteroatoms. The van der Waals surface area contributed by atoms with Crippen molar-refractivity contribution in [2.24, 2.45) is 0 Å². The van der Waals surface area contributed by atoms with Gasteiger partial charge in [-0.25, -0.2) is 4.79 Å². The number of carbonyl (C=O) groups is 3. The highest BCUT2D eigenvalue weighted by atomic mass is 16.5. The van der Waals surface area contributed by atoms with Gasteiger partial charge in [-0.1, -0.05) is 43.7 Å². The van der Waals surface area contributed by atoms with Crippen LogP contribution in [-0.2, 0) is 19.9 Å². The Morgan fingerprint density at radius 2 is 1.81 bits per heavy atom. The number of rotatable bonds is 5. The van der Waals surface area contributed by atoms with E-state index in [2.05, 4.69) is 5.32 Å². The summed E-state index contributed by atoms with van der Waals surface area (Å²) in [5.74, 6) is -0.593. The van der Waals surface area contributed by atoms with E-state index < -0.39 is 11.6 Å². The number of urea groups is 1. The molecular weight excluding hydrogens is 346 g/mol. The number of ether oxygens (including phenoxy) is 1. The fourth-order valence-corrected chi connectivity index (χ4v) is 3.99. The third kappa shape index (κ3) is 3.69. The summed E-state index contributed by atoms with van der Waals surface area (Å²) in [6.07, 6.45) is 1.08. The van der Waals surface area contributed by atoms with E-state index in [1.54, 1.807) is 4.90 Å². The Morgan fingerprint density at radius 1 is 1.19 bits per heavy atom. The first-order valence-electron chi connectivity index (χ1n) is 9.50. The predicted octanol–water partition coefficient (Wildman–Crippen LogP) is 1.87. The summed E-state index contributed by atoms with van der Waals surface area (Å²) in [7, 11) is 0. The molecule has 146 valence electrons. The molecule has 2 aliphatic rings. The summed E-state index contributed by atoms with van der Waals surface area (Å²) in [6, 6.07) is 8.72. The Morgan fingerprint density at radius 3 is 2.41 bits per heavy atom. The molecule has 2 saturated heterocycles. The van der Waals surface area contributed by atoms with Gasteiger partial charge in [0.05, 0.1) is 12.2 Å². The van der Waals surface area contributed by atoms with Crippen LogP contribution in [-0.4, -0.2) is 59.5 Å². The fourth-order valence-electron chi connectivity index (χ4n) is 3.99. The maximum absolute atomic E-state index is 13.2. The second kappa shape index (κ2) is 7.68. The van der Waals surface area contributed by atoms with E-state index in [1.807, 2.05) is 51.1 Å². The molecule has 0 saturated carbocycles. The molecule has 2 heterocycles. The molecule has 0 aliphatic carbocycles. The molecule has 3 rings (SSSR count). The van der Waals surface area contributed by atoms with Crippen molar-refractivity contribution in [3.05, 3.63) is 35.9 Å². The zero-order valence-corrected chi connectivity index (χ0v) is 16.1. The second-order valence-corrected chi connectivity index (χ2v) is 7.40. The minimum Gasteiger partial charge on any atom is -0.372 e. The first-order chi connectivity index (χ1) is 12.9. The van der Waals surface area contributed by atoms with Crippen LogP contribution in [0, 0.1) is 0 Å². The Balaban J connectivity index is 1.80. The average Bonchev–Trinajstić information content (AvgIpc) is 2.87. The van der Waals surface area contributed by atoms with Crippen LogP contribution in [0.4, 0.5) is 4.79 Å². The summed E-state index contributed by atoms with van der Waals surface area (Å²) in [5, 5.41) is 2.85. The van der Waals surface area contributed by atoms with Crippen molar-refractivity contribution >= 4 is 17.8 Å². The quantitative estimate of drug-likeness (QED) is 0.799. The highest BCUT2D eigenvalue weighted by Crippen LogP contribution is 2.33. The molecule has 3 atom stereocenters. The van der Waals surface area contributed by atoms with E-state index in [0.717, 1.165) is 16.9 Å². The van der Waals surface area contributed by atoms with E-state index >= 15 is 0 Å². The SMILES string of the molecule is CCCC1(c2ccccc2)NC(=O)N(CC(=O)N2CC(C)OC(C)C2)C1=O. The molecule has 0 aromatic heterocycles. The van der Waals surface area contributed by atoms with Crippen molar-refractivity contribution in [3.63, 3.8) is 0 Å². The molecule has 1 aromatic carbocycles. The van der Waals surface area contributed by atoms with Gasteiger partial charge in [0, 0.05) is 13.1 Å². The third-order valence-corrected chi connectivity index (χ3v) is 5.13. The number of hydrogen-bond acceptors (Lipinski definition) is 4. The van der Waals surface area contributed by atoms with E-state index in [-0.39, 0.29) is 30.6 Å². The Hall–Kier alpha value is -2.41. The predicted molar refractivity (Wildman–Crippen MR) is 99.9 cm³/mol. The molecule has 0 bridgehead atoms. The lowest BCUT2D eigenvalue weighted by molar-refractivity contribution is -0.147. The fraction of sp³-hybridized carbons (Fsp3) is 0.550. The van der Waals surface area contributed by atoms with Crippen LogP contribution >= 0.6 is 0 Å². The zero-order valence-electron chi connectivity index (χ0n) is 16.1. The molecule has 3 unspecified atom stereocenters. The molecule has 2 fully saturated rings. The van der Waals surface area contributed by atoms with Crippen molar-refractivity contribution in [3.8, 4) is 0 Å². The van der Waals surface area contributed by atoms with Gasteiger partial charge >= 0.3 is 6.03 Å². The van der Waals surface area contributed by atoms with Crippen LogP contribution in [0.15, 0.2) is 30.3 Å². The number of carbonyl (C=O) groups excluding carboxylic acids is 3. The summed E-state index contributed by atoms with van der Waals surface area (Å²) in [5.41, 5.74) is -0.354. The Labute approximate surface area is 159 Å². The molecular formula is C20H27N3O4. The number of nitrogens with zero attached hydrogens (tertiary/aromatic N) is 2. The van der Waals surface area contributed by atoms with Crippen LogP contribution in [0.3, 0.4) is 0 Å². The maximum atomic E-state index is 13.2. The van der Waals surface area contributed by atoms with Gasteiger partial charge in [-0.3, -0.25) is 14.5 Å². The van der Waals surface area contributed by atoms with Crippen molar-refractivity contribution in [1.82, 2.24) is 15.1 Å². The van der Waals surface area contributed by atoms with Crippen molar-refractivity contribution in [2.45, 2.75) is 51.4 Å². The van der Waals surface area contributed by atoms with Gasteiger partial charge in [0.15, 0.2) is 0 Å². The summed E-state index contributed by atoms with van der Waals surface area (Å²) < 4.78 is 5.65. The van der Waals surface area contributed by atoms with Crippen LogP contribution in [0.1, 0.15) is 39.2 Å². The minimum absolute atomic E-state index is 0.0655. The smallest absolute Gasteiger partial charge is 0.325 e. The average molecular weight is 373 g/mol. The van der Waals surface area contributed by atoms with Gasteiger partial charge in [0.1, 0.15) is 12.1 Å². The van der Waals surface area contributed by atoms with E-state index in [4.69, 9.17) is 4.74 Å². The van der Waals surface area contributed by atoms with Gasteiger partial charge in [0.2, 0.25) is 5.91 Å². The largest absolute Gasteiger partial charge is 0.372 e. The topological polar surface area (TPSA) is 79.0 Å². The number of morpholine rings is 1. The highest BCUT2D eigenvalue weighted by Gasteiger charge is 2.52. The van der Waals surface area contributed by atoms with Gasteiger partial charge in [-0.15, -0.1) is 0 Å². The highest BCUT2D eigenvalue weighted by molar-refractivity contribution is 6.09. The monoisotopic (exact) mass is 373 g/mol. The summed E-state index contributed by atoms with van der Waals surface area (Å²) in [6.45, 7) is 6.46. The third-order valence-electron chi connectivity index (χ3n) is 5.13. The molecule has 27 heavy (non-hydrogen) atoms. The number of imide groups is 1. The molecule has 2 aliphatic heterocycles. The first-order valence-corrected chi connectivity index (χ1v) is 9.50. The Bertz CT molecular complexity index is 713. The lowest BCUT2D eigenvalue weighted by atomic mass is 9.85. The summed E-state index contributed by atoms with van der Waals surface area (Å²) >= 11 is 0. The number of nitrogens with one attached hydrogen (secondary N) is 1. The molecule has 1 aromatic rings. The van der Waals surface area contributed by atoms with Crippen LogP contribution in [0.5, 0.6) is 0 Å². The molecule has 1 N–H and O–H groups in total. The lowest BCUT2D eigenvalue weighted by Crippen LogP contribution is -2.52. The zero-order chi connectivity index (χ0) is 19.6. The van der Waals surface area contributed by atoms with Crippen LogP contribution < -0.4 is 5.32 Å². The van der Waals surface area contributed by atoms with Crippen molar-refractivity contribution in [2.75, 3.05) is 19.6 Å². The molecule has 0 spiro atoms. The molecule has 4 amide bonds. The standard InChI is InChI=1S/C20H27N3O4/c1-4-10-20(16-8-6-5-7-9-16)18(25)23(19(26)21-20)13-17(24)22-11-14(2)27-15(3)12-22/h5-9,14-15H,4,10-13H2,1-3H3,(H,21,26). The molecule has 0 radical (unpaired) electrons. The number of hydrogen-bond donors (Lipinski definition) is 1. The van der Waals surface area contributed by atoms with E-state index in [0.29, 0.717) is 19.5 Å². The van der Waals surface area contributed by atoms with Gasteiger partial charge in [-0.05, 0) is 25.8 Å². The second-order valence-electron chi connectivity index (χ2n) is 7.40. The van der Waals surface area contributed by atoms with Crippen molar-refractivity contribution < 1.29 is 19.1 Å². The normalized spacial score (nSPS) is 28.4. The first kappa shape index (κ1) is 19.4. The maximum Gasteiger partial charge on any atom is 0.325 e. The van der Waals surface area contributed by atoms with E-state index in [9.17, 15) is 14.4 Å². The Kier molecular flexibility index (Phi) is 5.51. The van der Waals surface area contributed by atoms with Crippen molar-refractivity contribution in [1.29, 1.82) is 0 Å². The van der Waals surface area contributed by atoms with Gasteiger partial charge < -0.3 is 15.0 Å². The summed E-state index contributed by atoms with van der Waals surface area (Å²) in [4.78, 5) is 41.3.